The van der Waals surface area contributed by atoms with Crippen molar-refractivity contribution >= 4 is 17.3 Å². The van der Waals surface area contributed by atoms with Crippen LogP contribution in [0.4, 0.5) is 15.8 Å². The van der Waals surface area contributed by atoms with Gasteiger partial charge in [-0.25, -0.2) is 4.39 Å². The second kappa shape index (κ2) is 6.87. The molecule has 0 heterocycles. The molecule has 0 aliphatic rings. The number of benzene rings is 2. The Morgan fingerprint density at radius 1 is 1.30 bits per heavy atom. The zero-order valence-electron chi connectivity index (χ0n) is 12.6. The third-order valence-electron chi connectivity index (χ3n) is 3.36. The Bertz CT molecular complexity index is 762. The molecule has 0 aliphatic carbocycles. The molecule has 0 aromatic heterocycles. The van der Waals surface area contributed by atoms with Gasteiger partial charge in [0.2, 0.25) is 5.75 Å². The smallest absolute Gasteiger partial charge is 0.311 e. The maximum Gasteiger partial charge on any atom is 0.311 e. The monoisotopic (exact) mass is 318 g/mol. The average molecular weight is 318 g/mol. The van der Waals surface area contributed by atoms with Crippen LogP contribution in [0.25, 0.3) is 0 Å². The zero-order valence-corrected chi connectivity index (χ0v) is 12.6. The van der Waals surface area contributed by atoms with Crippen molar-refractivity contribution in [3.05, 3.63) is 63.5 Å². The summed E-state index contributed by atoms with van der Waals surface area (Å²) in [5, 5.41) is 13.5. The highest BCUT2D eigenvalue weighted by Crippen LogP contribution is 2.27. The highest BCUT2D eigenvalue weighted by atomic mass is 19.1. The number of hydrogen-bond donors (Lipinski definition) is 1. The molecule has 0 bridgehead atoms. The molecule has 0 spiro atoms. The molecular formula is C16H15FN2O4. The van der Waals surface area contributed by atoms with E-state index in [2.05, 4.69) is 5.32 Å². The largest absolute Gasteiger partial charge is 0.477 e. The predicted octanol–water partition coefficient (Wildman–Crippen LogP) is 3.37. The molecule has 0 fully saturated rings. The second-order valence-corrected chi connectivity index (χ2v) is 4.95. The molecular weight excluding hydrogens is 303 g/mol. The number of ether oxygens (including phenoxy) is 1. The number of anilines is 1. The Labute approximate surface area is 132 Å². The van der Waals surface area contributed by atoms with Crippen LogP contribution in [0.5, 0.6) is 5.75 Å². The molecule has 23 heavy (non-hydrogen) atoms. The molecule has 0 radical (unpaired) electrons. The first kappa shape index (κ1) is 16.4. The van der Waals surface area contributed by atoms with Crippen molar-refractivity contribution in [2.45, 2.75) is 13.8 Å². The van der Waals surface area contributed by atoms with Crippen LogP contribution in [-0.4, -0.2) is 17.4 Å². The van der Waals surface area contributed by atoms with Gasteiger partial charge in [-0.2, -0.15) is 0 Å². The normalized spacial score (nSPS) is 10.2. The third kappa shape index (κ3) is 4.03. The number of nitro benzene ring substituents is 1. The van der Waals surface area contributed by atoms with Crippen LogP contribution in [0.1, 0.15) is 11.1 Å². The first-order valence-corrected chi connectivity index (χ1v) is 6.81. The van der Waals surface area contributed by atoms with Crippen molar-refractivity contribution in [2.24, 2.45) is 0 Å². The average Bonchev–Trinajstić information content (AvgIpc) is 2.49. The van der Waals surface area contributed by atoms with E-state index in [1.54, 1.807) is 12.1 Å². The summed E-state index contributed by atoms with van der Waals surface area (Å²) in [7, 11) is 0. The van der Waals surface area contributed by atoms with Crippen molar-refractivity contribution in [1.82, 2.24) is 0 Å². The van der Waals surface area contributed by atoms with Gasteiger partial charge in [-0.15, -0.1) is 0 Å². The molecule has 0 unspecified atom stereocenters. The predicted molar refractivity (Wildman–Crippen MR) is 83.1 cm³/mol. The molecule has 0 saturated carbocycles. The van der Waals surface area contributed by atoms with Crippen LogP contribution in [0.2, 0.25) is 0 Å². The van der Waals surface area contributed by atoms with Gasteiger partial charge in [0.1, 0.15) is 5.82 Å². The van der Waals surface area contributed by atoms with Gasteiger partial charge in [0, 0.05) is 17.8 Å². The van der Waals surface area contributed by atoms with E-state index >= 15 is 0 Å². The molecule has 1 amide bonds. The van der Waals surface area contributed by atoms with Gasteiger partial charge in [-0.3, -0.25) is 14.9 Å². The van der Waals surface area contributed by atoms with Gasteiger partial charge >= 0.3 is 5.69 Å². The van der Waals surface area contributed by atoms with E-state index < -0.39 is 28.9 Å². The summed E-state index contributed by atoms with van der Waals surface area (Å²) in [6.45, 7) is 3.32. The van der Waals surface area contributed by atoms with Crippen LogP contribution in [0.15, 0.2) is 36.4 Å². The number of nitrogens with one attached hydrogen (secondary N) is 1. The van der Waals surface area contributed by atoms with E-state index in [9.17, 15) is 19.3 Å². The molecule has 1 N–H and O–H groups in total. The highest BCUT2D eigenvalue weighted by molar-refractivity contribution is 5.92. The number of amides is 1. The Morgan fingerprint density at radius 2 is 2.04 bits per heavy atom. The highest BCUT2D eigenvalue weighted by Gasteiger charge is 2.17. The van der Waals surface area contributed by atoms with Crippen molar-refractivity contribution in [2.75, 3.05) is 11.9 Å². The lowest BCUT2D eigenvalue weighted by atomic mass is 10.1. The Kier molecular flexibility index (Phi) is 4.90. The number of halogens is 1. The van der Waals surface area contributed by atoms with Crippen LogP contribution in [0.3, 0.4) is 0 Å². The maximum absolute atomic E-state index is 13.2. The Balaban J connectivity index is 2.06. The van der Waals surface area contributed by atoms with E-state index in [4.69, 9.17) is 4.74 Å². The SMILES string of the molecule is Cc1cccc(NC(=O)COc2cc(F)ccc2[N+](=O)[O-])c1C. The Hall–Kier alpha value is -2.96. The zero-order chi connectivity index (χ0) is 17.0. The van der Waals surface area contributed by atoms with Gasteiger partial charge in [0.25, 0.3) is 5.91 Å². The van der Waals surface area contributed by atoms with Gasteiger partial charge in [-0.1, -0.05) is 12.1 Å². The number of rotatable bonds is 5. The molecule has 0 saturated heterocycles. The summed E-state index contributed by atoms with van der Waals surface area (Å²) < 4.78 is 18.3. The summed E-state index contributed by atoms with van der Waals surface area (Å²) in [6.07, 6.45) is 0. The van der Waals surface area contributed by atoms with Gasteiger partial charge in [-0.05, 0) is 37.1 Å². The molecule has 6 nitrogen and oxygen atoms in total. The van der Waals surface area contributed by atoms with E-state index in [-0.39, 0.29) is 5.75 Å². The molecule has 2 aromatic rings. The summed E-state index contributed by atoms with van der Waals surface area (Å²) >= 11 is 0. The number of carbonyl (C=O) groups is 1. The lowest BCUT2D eigenvalue weighted by Crippen LogP contribution is -2.21. The number of aryl methyl sites for hydroxylation is 1. The molecule has 120 valence electrons. The van der Waals surface area contributed by atoms with Crippen molar-refractivity contribution < 1.29 is 18.8 Å². The number of nitro groups is 1. The summed E-state index contributed by atoms with van der Waals surface area (Å²) in [5.41, 5.74) is 2.17. The lowest BCUT2D eigenvalue weighted by Gasteiger charge is -2.11. The summed E-state index contributed by atoms with van der Waals surface area (Å²) in [4.78, 5) is 22.1. The minimum absolute atomic E-state index is 0.286. The topological polar surface area (TPSA) is 81.5 Å². The van der Waals surface area contributed by atoms with Crippen LogP contribution in [0, 0.1) is 29.8 Å². The van der Waals surface area contributed by atoms with Crippen LogP contribution >= 0.6 is 0 Å². The number of carbonyl (C=O) groups excluding carboxylic acids is 1. The van der Waals surface area contributed by atoms with Crippen LogP contribution in [-0.2, 0) is 4.79 Å². The van der Waals surface area contributed by atoms with Crippen molar-refractivity contribution in [3.8, 4) is 5.75 Å². The fourth-order valence-corrected chi connectivity index (χ4v) is 1.97. The van der Waals surface area contributed by atoms with Crippen LogP contribution < -0.4 is 10.1 Å². The van der Waals surface area contributed by atoms with E-state index in [0.717, 1.165) is 29.3 Å². The first-order chi connectivity index (χ1) is 10.9. The second-order valence-electron chi connectivity index (χ2n) is 4.95. The lowest BCUT2D eigenvalue weighted by molar-refractivity contribution is -0.385. The minimum atomic E-state index is -0.697. The number of hydrogen-bond acceptors (Lipinski definition) is 4. The van der Waals surface area contributed by atoms with E-state index in [1.807, 2.05) is 19.9 Å². The van der Waals surface area contributed by atoms with Gasteiger partial charge in [0.15, 0.2) is 6.61 Å². The molecule has 7 heteroatoms. The molecule has 2 aromatic carbocycles. The fraction of sp³-hybridized carbons (Fsp3) is 0.188. The summed E-state index contributed by atoms with van der Waals surface area (Å²) in [6, 6.07) is 8.29. The molecule has 0 aliphatic heterocycles. The number of nitrogens with zero attached hydrogens (tertiary/aromatic N) is 1. The summed E-state index contributed by atoms with van der Waals surface area (Å²) in [5.74, 6) is -1.45. The van der Waals surface area contributed by atoms with E-state index in [1.165, 1.54) is 0 Å². The van der Waals surface area contributed by atoms with Crippen molar-refractivity contribution in [1.29, 1.82) is 0 Å². The molecule has 2 rings (SSSR count). The fourth-order valence-electron chi connectivity index (χ4n) is 1.97. The molecule has 0 atom stereocenters. The standard InChI is InChI=1S/C16H15FN2O4/c1-10-4-3-5-13(11(10)2)18-16(20)9-23-15-8-12(17)6-7-14(15)19(21)22/h3-8H,9H2,1-2H3,(H,18,20). The first-order valence-electron chi connectivity index (χ1n) is 6.81. The third-order valence-corrected chi connectivity index (χ3v) is 3.36. The Morgan fingerprint density at radius 3 is 2.74 bits per heavy atom. The maximum atomic E-state index is 13.2. The van der Waals surface area contributed by atoms with E-state index in [0.29, 0.717) is 5.69 Å². The minimum Gasteiger partial charge on any atom is -0.477 e. The van der Waals surface area contributed by atoms with Crippen molar-refractivity contribution in [3.63, 3.8) is 0 Å². The van der Waals surface area contributed by atoms with Gasteiger partial charge in [0.05, 0.1) is 4.92 Å². The van der Waals surface area contributed by atoms with Gasteiger partial charge < -0.3 is 10.1 Å². The quantitative estimate of drug-likeness (QED) is 0.677.